The summed E-state index contributed by atoms with van der Waals surface area (Å²) in [6.07, 6.45) is 4.66. The van der Waals surface area contributed by atoms with Gasteiger partial charge in [-0.25, -0.2) is 0 Å². The molecule has 2 amide bonds. The zero-order valence-electron chi connectivity index (χ0n) is 17.4. The van der Waals surface area contributed by atoms with Crippen LogP contribution in [0.2, 0.25) is 0 Å². The van der Waals surface area contributed by atoms with Crippen LogP contribution in [0.5, 0.6) is 0 Å². The van der Waals surface area contributed by atoms with E-state index in [0.717, 1.165) is 0 Å². The van der Waals surface area contributed by atoms with Crippen molar-refractivity contribution in [2.75, 3.05) is 0 Å². The summed E-state index contributed by atoms with van der Waals surface area (Å²) in [6.45, 7) is 10.7. The first-order valence-electron chi connectivity index (χ1n) is 10.0. The van der Waals surface area contributed by atoms with Gasteiger partial charge in [-0.1, -0.05) is 38.8 Å². The molecule has 1 saturated heterocycles. The summed E-state index contributed by atoms with van der Waals surface area (Å²) in [5.74, 6) is -3.20. The molecule has 1 fully saturated rings. The summed E-state index contributed by atoms with van der Waals surface area (Å²) in [5, 5.41) is 29.5. The van der Waals surface area contributed by atoms with E-state index in [1.165, 1.54) is 12.2 Å². The highest BCUT2D eigenvalue weighted by atomic mass is 16.4. The van der Waals surface area contributed by atoms with Gasteiger partial charge >= 0.3 is 11.9 Å². The first-order chi connectivity index (χ1) is 14.2. The SMILES string of the molecule is C=CC(NC(CCC)C1NC(=O)C(C(CCC)NC(C=C)C(=O)O)NC1=O)C(=O)O. The van der Waals surface area contributed by atoms with Crippen LogP contribution in [0.1, 0.15) is 39.5 Å². The van der Waals surface area contributed by atoms with Crippen LogP contribution in [0.15, 0.2) is 25.3 Å². The Bertz CT molecular complexity index is 612. The highest BCUT2D eigenvalue weighted by Gasteiger charge is 2.42. The van der Waals surface area contributed by atoms with Gasteiger partial charge in [0.25, 0.3) is 0 Å². The van der Waals surface area contributed by atoms with Crippen LogP contribution in [-0.2, 0) is 19.2 Å². The second-order valence-corrected chi connectivity index (χ2v) is 7.20. The first-order valence-corrected chi connectivity index (χ1v) is 10.0. The molecule has 10 nitrogen and oxygen atoms in total. The topological polar surface area (TPSA) is 157 Å². The van der Waals surface area contributed by atoms with Gasteiger partial charge in [0.15, 0.2) is 0 Å². The molecular formula is C20H32N4O6. The van der Waals surface area contributed by atoms with Crippen molar-refractivity contribution < 1.29 is 29.4 Å². The fraction of sp³-hybridized carbons (Fsp3) is 0.600. The van der Waals surface area contributed by atoms with Gasteiger partial charge in [0.1, 0.15) is 24.2 Å². The van der Waals surface area contributed by atoms with Gasteiger partial charge in [-0.2, -0.15) is 0 Å². The van der Waals surface area contributed by atoms with E-state index < -0.39 is 60.0 Å². The summed E-state index contributed by atoms with van der Waals surface area (Å²) >= 11 is 0. The Kier molecular flexibility index (Phi) is 10.2. The predicted octanol–water partition coefficient (Wildman–Crippen LogP) is -0.235. The minimum Gasteiger partial charge on any atom is -0.480 e. The minimum absolute atomic E-state index is 0.453. The Morgan fingerprint density at radius 1 is 0.900 bits per heavy atom. The maximum absolute atomic E-state index is 12.8. The van der Waals surface area contributed by atoms with Crippen LogP contribution in [0, 0.1) is 0 Å². The molecule has 1 rings (SSSR count). The molecule has 6 N–H and O–H groups in total. The number of amides is 2. The van der Waals surface area contributed by atoms with Crippen LogP contribution >= 0.6 is 0 Å². The van der Waals surface area contributed by atoms with E-state index in [1.807, 2.05) is 13.8 Å². The molecule has 0 aromatic rings. The van der Waals surface area contributed by atoms with Crippen molar-refractivity contribution in [3.63, 3.8) is 0 Å². The lowest BCUT2D eigenvalue weighted by molar-refractivity contribution is -0.141. The Morgan fingerprint density at radius 2 is 1.23 bits per heavy atom. The van der Waals surface area contributed by atoms with Gasteiger partial charge in [0, 0.05) is 12.1 Å². The van der Waals surface area contributed by atoms with Crippen molar-refractivity contribution >= 4 is 23.8 Å². The van der Waals surface area contributed by atoms with E-state index in [0.29, 0.717) is 25.7 Å². The third kappa shape index (κ3) is 6.67. The molecule has 168 valence electrons. The number of hydrogen-bond donors (Lipinski definition) is 6. The lowest BCUT2D eigenvalue weighted by Crippen LogP contribution is -2.71. The molecule has 30 heavy (non-hydrogen) atoms. The largest absolute Gasteiger partial charge is 0.480 e. The first kappa shape index (κ1) is 25.3. The standard InChI is InChI=1S/C20H32N4O6/c1-5-9-13(21-11(7-3)19(27)28)15-17(25)24-16(18(26)23-15)14(10-6-2)22-12(8-4)20(29)30/h7-8,11-16,21-22H,3-6,9-10H2,1-2H3,(H,23,26)(H,24,25)(H,27,28)(H,29,30). The molecule has 0 aromatic carbocycles. The summed E-state index contributed by atoms with van der Waals surface area (Å²) < 4.78 is 0. The van der Waals surface area contributed by atoms with Crippen molar-refractivity contribution in [2.24, 2.45) is 0 Å². The van der Waals surface area contributed by atoms with Crippen molar-refractivity contribution in [1.29, 1.82) is 0 Å². The molecule has 0 spiro atoms. The minimum atomic E-state index is -1.14. The molecular weight excluding hydrogens is 392 g/mol. The number of carboxylic acids is 2. The van der Waals surface area contributed by atoms with Crippen molar-refractivity contribution in [1.82, 2.24) is 21.3 Å². The highest BCUT2D eigenvalue weighted by Crippen LogP contribution is 2.13. The van der Waals surface area contributed by atoms with E-state index in [-0.39, 0.29) is 0 Å². The third-order valence-electron chi connectivity index (χ3n) is 4.96. The number of piperazine rings is 1. The van der Waals surface area contributed by atoms with Crippen LogP contribution in [0.25, 0.3) is 0 Å². The van der Waals surface area contributed by atoms with E-state index in [1.54, 1.807) is 0 Å². The van der Waals surface area contributed by atoms with E-state index in [2.05, 4.69) is 34.4 Å². The normalized spacial score (nSPS) is 22.7. The van der Waals surface area contributed by atoms with Crippen molar-refractivity contribution in [3.05, 3.63) is 25.3 Å². The zero-order valence-corrected chi connectivity index (χ0v) is 17.4. The summed E-state index contributed by atoms with van der Waals surface area (Å²) in [7, 11) is 0. The summed E-state index contributed by atoms with van der Waals surface area (Å²) in [6, 6.07) is -5.29. The lowest BCUT2D eigenvalue weighted by atomic mass is 9.94. The van der Waals surface area contributed by atoms with Gasteiger partial charge in [-0.3, -0.25) is 29.8 Å². The average Bonchev–Trinajstić information content (AvgIpc) is 2.69. The van der Waals surface area contributed by atoms with E-state index >= 15 is 0 Å². The average molecular weight is 424 g/mol. The van der Waals surface area contributed by atoms with Gasteiger partial charge in [-0.05, 0) is 12.8 Å². The molecule has 10 heteroatoms. The molecule has 6 atom stereocenters. The predicted molar refractivity (Wildman–Crippen MR) is 111 cm³/mol. The molecule has 6 unspecified atom stereocenters. The maximum Gasteiger partial charge on any atom is 0.324 e. The third-order valence-corrected chi connectivity index (χ3v) is 4.96. The second-order valence-electron chi connectivity index (χ2n) is 7.20. The molecule has 0 radical (unpaired) electrons. The Morgan fingerprint density at radius 3 is 1.47 bits per heavy atom. The fourth-order valence-corrected chi connectivity index (χ4v) is 3.44. The van der Waals surface area contributed by atoms with Gasteiger partial charge in [0.2, 0.25) is 11.8 Å². The van der Waals surface area contributed by atoms with Gasteiger partial charge in [0.05, 0.1) is 0 Å². The number of carboxylic acid groups (broad SMARTS) is 2. The van der Waals surface area contributed by atoms with Crippen molar-refractivity contribution in [3.8, 4) is 0 Å². The molecule has 0 aliphatic carbocycles. The number of carbonyl (C=O) groups is 4. The molecule has 1 aliphatic rings. The summed E-state index contributed by atoms with van der Waals surface area (Å²) in [4.78, 5) is 48.2. The summed E-state index contributed by atoms with van der Waals surface area (Å²) in [5.41, 5.74) is 0. The van der Waals surface area contributed by atoms with Gasteiger partial charge < -0.3 is 20.8 Å². The number of aliphatic carboxylic acids is 2. The Labute approximate surface area is 176 Å². The smallest absolute Gasteiger partial charge is 0.324 e. The number of hydrogen-bond acceptors (Lipinski definition) is 6. The van der Waals surface area contributed by atoms with Crippen LogP contribution in [0.4, 0.5) is 0 Å². The molecule has 0 bridgehead atoms. The zero-order chi connectivity index (χ0) is 22.8. The molecule has 0 aromatic heterocycles. The second kappa shape index (κ2) is 12.1. The maximum atomic E-state index is 12.8. The highest BCUT2D eigenvalue weighted by molar-refractivity contribution is 5.98. The molecule has 1 heterocycles. The van der Waals surface area contributed by atoms with Crippen LogP contribution in [0.3, 0.4) is 0 Å². The van der Waals surface area contributed by atoms with Crippen LogP contribution < -0.4 is 21.3 Å². The van der Waals surface area contributed by atoms with Crippen LogP contribution in [-0.4, -0.2) is 70.2 Å². The van der Waals surface area contributed by atoms with Gasteiger partial charge in [-0.15, -0.1) is 13.2 Å². The fourth-order valence-electron chi connectivity index (χ4n) is 3.44. The Hall–Kier alpha value is -2.72. The lowest BCUT2D eigenvalue weighted by Gasteiger charge is -2.38. The molecule has 0 saturated carbocycles. The molecule has 1 aliphatic heterocycles. The number of carbonyl (C=O) groups excluding carboxylic acids is 2. The number of nitrogens with one attached hydrogen (secondary N) is 4. The quantitative estimate of drug-likeness (QED) is 0.209. The monoisotopic (exact) mass is 424 g/mol. The van der Waals surface area contributed by atoms with Crippen molar-refractivity contribution in [2.45, 2.75) is 75.8 Å². The number of rotatable bonds is 14. The Balaban J connectivity index is 3.00. The van der Waals surface area contributed by atoms with E-state index in [9.17, 15) is 29.4 Å². The van der Waals surface area contributed by atoms with E-state index in [4.69, 9.17) is 0 Å².